The largest absolute Gasteiger partial charge is 0.485 e. The fourth-order valence-electron chi connectivity index (χ4n) is 1.95. The highest BCUT2D eigenvalue weighted by molar-refractivity contribution is 9.10. The lowest BCUT2D eigenvalue weighted by Crippen LogP contribution is -2.13. The second kappa shape index (κ2) is 7.47. The van der Waals surface area contributed by atoms with Crippen molar-refractivity contribution >= 4 is 34.2 Å². The highest BCUT2D eigenvalue weighted by atomic mass is 79.9. The smallest absolute Gasteiger partial charge is 0.312 e. The molecule has 1 atom stereocenters. The van der Waals surface area contributed by atoms with Gasteiger partial charge in [-0.25, -0.2) is 0 Å². The van der Waals surface area contributed by atoms with E-state index in [4.69, 9.17) is 4.74 Å². The molecule has 0 aromatic heterocycles. The molecule has 0 aliphatic carbocycles. The molecule has 0 fully saturated rings. The summed E-state index contributed by atoms with van der Waals surface area (Å²) in [6, 6.07) is 14.6. The maximum absolute atomic E-state index is 11.0. The van der Waals surface area contributed by atoms with Crippen LogP contribution in [-0.2, 0) is 0 Å². The Balaban J connectivity index is 2.17. The molecule has 0 saturated heterocycles. The second-order valence-corrected chi connectivity index (χ2v) is 5.67. The molecule has 21 heavy (non-hydrogen) atoms. The predicted octanol–water partition coefficient (Wildman–Crippen LogP) is 4.45. The molecule has 0 saturated carbocycles. The minimum Gasteiger partial charge on any atom is -0.485 e. The zero-order valence-corrected chi connectivity index (χ0v) is 13.6. The SMILES string of the molecule is O=[N+]([O-])c1cccc(Br)c1OCC(CS)c1ccccc1. The molecule has 0 heterocycles. The van der Waals surface area contributed by atoms with Crippen molar-refractivity contribution in [1.29, 1.82) is 0 Å². The van der Waals surface area contributed by atoms with Gasteiger partial charge in [0, 0.05) is 17.7 Å². The van der Waals surface area contributed by atoms with Crippen LogP contribution in [0.15, 0.2) is 53.0 Å². The van der Waals surface area contributed by atoms with Crippen LogP contribution in [-0.4, -0.2) is 17.3 Å². The molecule has 2 aromatic carbocycles. The molecule has 110 valence electrons. The predicted molar refractivity (Wildman–Crippen MR) is 89.3 cm³/mol. The van der Waals surface area contributed by atoms with Crippen LogP contribution in [0.3, 0.4) is 0 Å². The summed E-state index contributed by atoms with van der Waals surface area (Å²) in [4.78, 5) is 10.6. The first-order valence-corrected chi connectivity index (χ1v) is 7.77. The normalized spacial score (nSPS) is 11.9. The van der Waals surface area contributed by atoms with Crippen molar-refractivity contribution in [3.8, 4) is 5.75 Å². The van der Waals surface area contributed by atoms with Gasteiger partial charge in [0.2, 0.25) is 5.75 Å². The standard InChI is InChI=1S/C15H14BrNO3S/c16-13-7-4-8-14(17(18)19)15(13)20-9-12(10-21)11-5-2-1-3-6-11/h1-8,12,21H,9-10H2. The van der Waals surface area contributed by atoms with Crippen LogP contribution in [0, 0.1) is 10.1 Å². The maximum Gasteiger partial charge on any atom is 0.312 e. The lowest BCUT2D eigenvalue weighted by molar-refractivity contribution is -0.386. The number of nitro groups is 1. The van der Waals surface area contributed by atoms with E-state index in [9.17, 15) is 10.1 Å². The van der Waals surface area contributed by atoms with E-state index < -0.39 is 4.92 Å². The van der Waals surface area contributed by atoms with Gasteiger partial charge < -0.3 is 4.74 Å². The van der Waals surface area contributed by atoms with Gasteiger partial charge in [-0.15, -0.1) is 0 Å². The lowest BCUT2D eigenvalue weighted by atomic mass is 10.0. The number of halogens is 1. The van der Waals surface area contributed by atoms with Gasteiger partial charge in [-0.05, 0) is 27.6 Å². The van der Waals surface area contributed by atoms with E-state index in [0.29, 0.717) is 16.8 Å². The quantitative estimate of drug-likeness (QED) is 0.466. The van der Waals surface area contributed by atoms with Crippen LogP contribution in [0.5, 0.6) is 5.75 Å². The van der Waals surface area contributed by atoms with Gasteiger partial charge in [0.05, 0.1) is 16.0 Å². The van der Waals surface area contributed by atoms with E-state index in [0.717, 1.165) is 5.56 Å². The monoisotopic (exact) mass is 367 g/mol. The van der Waals surface area contributed by atoms with Crippen LogP contribution in [0.1, 0.15) is 11.5 Å². The first kappa shape index (κ1) is 15.9. The number of benzene rings is 2. The van der Waals surface area contributed by atoms with Gasteiger partial charge >= 0.3 is 5.69 Å². The Morgan fingerprint density at radius 1 is 1.19 bits per heavy atom. The van der Waals surface area contributed by atoms with Gasteiger partial charge in [0.15, 0.2) is 0 Å². The first-order chi connectivity index (χ1) is 10.1. The lowest BCUT2D eigenvalue weighted by Gasteiger charge is -2.16. The summed E-state index contributed by atoms with van der Waals surface area (Å²) in [6.45, 7) is 0.330. The summed E-state index contributed by atoms with van der Waals surface area (Å²) in [7, 11) is 0. The number of hydrogen-bond acceptors (Lipinski definition) is 4. The summed E-state index contributed by atoms with van der Waals surface area (Å²) in [6.07, 6.45) is 0. The van der Waals surface area contributed by atoms with Gasteiger partial charge in [-0.3, -0.25) is 10.1 Å². The maximum atomic E-state index is 11.0. The highest BCUT2D eigenvalue weighted by Crippen LogP contribution is 2.35. The van der Waals surface area contributed by atoms with E-state index >= 15 is 0 Å². The average molecular weight is 368 g/mol. The molecule has 1 unspecified atom stereocenters. The van der Waals surface area contributed by atoms with Crippen molar-refractivity contribution in [1.82, 2.24) is 0 Å². The number of ether oxygens (including phenoxy) is 1. The molecule has 0 spiro atoms. The van der Waals surface area contributed by atoms with Crippen LogP contribution in [0.2, 0.25) is 0 Å². The Hall–Kier alpha value is -1.53. The van der Waals surface area contributed by atoms with E-state index in [-0.39, 0.29) is 17.4 Å². The number of para-hydroxylation sites is 1. The average Bonchev–Trinajstić information content (AvgIpc) is 2.50. The fraction of sp³-hybridized carbons (Fsp3) is 0.200. The topological polar surface area (TPSA) is 52.4 Å². The molecule has 0 bridgehead atoms. The summed E-state index contributed by atoms with van der Waals surface area (Å²) in [5, 5.41) is 11.0. The molecule has 0 aliphatic heterocycles. The van der Waals surface area contributed by atoms with Crippen LogP contribution in [0.4, 0.5) is 5.69 Å². The highest BCUT2D eigenvalue weighted by Gasteiger charge is 2.19. The summed E-state index contributed by atoms with van der Waals surface area (Å²) in [5.74, 6) is 0.925. The van der Waals surface area contributed by atoms with E-state index in [1.165, 1.54) is 6.07 Å². The van der Waals surface area contributed by atoms with Gasteiger partial charge in [0.25, 0.3) is 0 Å². The number of nitro benzene ring substituents is 1. The molecule has 2 aromatic rings. The molecule has 0 amide bonds. The Labute approximate surface area is 136 Å². The zero-order chi connectivity index (χ0) is 15.2. The first-order valence-electron chi connectivity index (χ1n) is 6.35. The van der Waals surface area contributed by atoms with E-state index in [2.05, 4.69) is 28.6 Å². The third-order valence-electron chi connectivity index (χ3n) is 3.06. The van der Waals surface area contributed by atoms with E-state index in [1.54, 1.807) is 12.1 Å². The third kappa shape index (κ3) is 3.98. The molecule has 0 radical (unpaired) electrons. The van der Waals surface area contributed by atoms with Gasteiger partial charge in [0.1, 0.15) is 0 Å². The zero-order valence-electron chi connectivity index (χ0n) is 11.1. The molecule has 4 nitrogen and oxygen atoms in total. The molecule has 6 heteroatoms. The Morgan fingerprint density at radius 3 is 2.52 bits per heavy atom. The van der Waals surface area contributed by atoms with Gasteiger partial charge in [-0.1, -0.05) is 36.4 Å². The van der Waals surface area contributed by atoms with Crippen LogP contribution < -0.4 is 4.74 Å². The Bertz CT molecular complexity index is 622. The Kier molecular flexibility index (Phi) is 5.64. The Morgan fingerprint density at radius 2 is 1.90 bits per heavy atom. The van der Waals surface area contributed by atoms with Gasteiger partial charge in [-0.2, -0.15) is 12.6 Å². The number of nitrogens with zero attached hydrogens (tertiary/aromatic N) is 1. The van der Waals surface area contributed by atoms with E-state index in [1.807, 2.05) is 30.3 Å². The van der Waals surface area contributed by atoms with Crippen molar-refractivity contribution in [2.45, 2.75) is 5.92 Å². The number of rotatable bonds is 6. The van der Waals surface area contributed by atoms with Crippen molar-refractivity contribution in [3.63, 3.8) is 0 Å². The molecule has 0 aliphatic rings. The fourth-order valence-corrected chi connectivity index (χ4v) is 2.73. The minimum absolute atomic E-state index is 0.0460. The van der Waals surface area contributed by atoms with Crippen LogP contribution >= 0.6 is 28.6 Å². The van der Waals surface area contributed by atoms with Crippen molar-refractivity contribution < 1.29 is 9.66 Å². The number of hydrogen-bond donors (Lipinski definition) is 1. The molecular weight excluding hydrogens is 354 g/mol. The molecule has 0 N–H and O–H groups in total. The summed E-state index contributed by atoms with van der Waals surface area (Å²) in [5.41, 5.74) is 1.05. The second-order valence-electron chi connectivity index (χ2n) is 4.45. The minimum atomic E-state index is -0.446. The third-order valence-corrected chi connectivity index (χ3v) is 4.13. The summed E-state index contributed by atoms with van der Waals surface area (Å²) >= 11 is 7.64. The van der Waals surface area contributed by atoms with Crippen LogP contribution in [0.25, 0.3) is 0 Å². The van der Waals surface area contributed by atoms with Crippen molar-refractivity contribution in [2.75, 3.05) is 12.4 Å². The van der Waals surface area contributed by atoms with Crippen molar-refractivity contribution in [2.24, 2.45) is 0 Å². The van der Waals surface area contributed by atoms with Crippen molar-refractivity contribution in [3.05, 3.63) is 68.7 Å². The molecular formula is C15H14BrNO3S. The number of thiol groups is 1. The molecule has 2 rings (SSSR count). The summed E-state index contributed by atoms with van der Waals surface area (Å²) < 4.78 is 6.27.